The van der Waals surface area contributed by atoms with Gasteiger partial charge < -0.3 is 10.2 Å². The first kappa shape index (κ1) is 18.6. The summed E-state index contributed by atoms with van der Waals surface area (Å²) in [6.45, 7) is 2.39. The van der Waals surface area contributed by atoms with Crippen molar-refractivity contribution in [2.75, 3.05) is 13.2 Å². The average Bonchev–Trinajstić information content (AvgIpc) is 3.15. The molecule has 0 unspecified atom stereocenters. The predicted molar refractivity (Wildman–Crippen MR) is 99.2 cm³/mol. The highest BCUT2D eigenvalue weighted by Gasteiger charge is 2.58. The molecule has 0 bridgehead atoms. The van der Waals surface area contributed by atoms with E-state index in [2.05, 4.69) is 19.1 Å². The van der Waals surface area contributed by atoms with Gasteiger partial charge in [0.15, 0.2) is 0 Å². The number of hydrogen-bond acceptors (Lipinski definition) is 3. The molecular weight excluding hydrogens is 312 g/mol. The van der Waals surface area contributed by atoms with Gasteiger partial charge in [-0.05, 0) is 42.1 Å². The lowest BCUT2D eigenvalue weighted by Gasteiger charge is -2.27. The Balaban J connectivity index is 1.89. The van der Waals surface area contributed by atoms with Crippen LogP contribution in [0, 0.1) is 29.6 Å². The molecule has 2 aliphatic rings. The molecule has 1 aromatic carbocycles. The van der Waals surface area contributed by atoms with Crippen LogP contribution in [0.5, 0.6) is 0 Å². The van der Waals surface area contributed by atoms with Gasteiger partial charge in [-0.3, -0.25) is 4.79 Å². The molecule has 3 rings (SSSR count). The van der Waals surface area contributed by atoms with Gasteiger partial charge in [0.1, 0.15) is 5.78 Å². The third-order valence-corrected chi connectivity index (χ3v) is 6.64. The number of carbonyl (C=O) groups is 1. The first-order chi connectivity index (χ1) is 12.2. The van der Waals surface area contributed by atoms with Gasteiger partial charge in [0.05, 0.1) is 0 Å². The van der Waals surface area contributed by atoms with E-state index in [-0.39, 0.29) is 48.7 Å². The quantitative estimate of drug-likeness (QED) is 0.705. The predicted octanol–water partition coefficient (Wildman–Crippen LogP) is 3.79. The Morgan fingerprint density at radius 2 is 1.68 bits per heavy atom. The van der Waals surface area contributed by atoms with Crippen LogP contribution in [0.25, 0.3) is 0 Å². The molecule has 0 amide bonds. The molecule has 138 valence electrons. The minimum Gasteiger partial charge on any atom is -0.396 e. The average molecular weight is 344 g/mol. The second-order valence-corrected chi connectivity index (χ2v) is 8.02. The van der Waals surface area contributed by atoms with Crippen LogP contribution in [-0.4, -0.2) is 29.2 Å². The standard InChI is InChI=1S/C22H32O3/c1-2-3-4-8-11-18-19(15-9-6-5-7-10-15)20-16(13-23)12-17(14-24)21(20)22(18)25/h5-7,9-10,16-21,23-24H,2-4,8,11-14H2,1H3/t16-,17+,18-,19-,20+,21+/m0/s1. The number of hydrogen-bond donors (Lipinski definition) is 2. The monoisotopic (exact) mass is 344 g/mol. The number of benzene rings is 1. The minimum absolute atomic E-state index is 0.0292. The summed E-state index contributed by atoms with van der Waals surface area (Å²) in [6.07, 6.45) is 6.43. The Bertz CT molecular complexity index is 556. The van der Waals surface area contributed by atoms with E-state index in [1.807, 2.05) is 18.2 Å². The van der Waals surface area contributed by atoms with Crippen molar-refractivity contribution < 1.29 is 15.0 Å². The lowest BCUT2D eigenvalue weighted by Crippen LogP contribution is -2.23. The van der Waals surface area contributed by atoms with Gasteiger partial charge in [-0.25, -0.2) is 0 Å². The molecule has 0 aromatic heterocycles. The van der Waals surface area contributed by atoms with Crippen molar-refractivity contribution in [2.24, 2.45) is 29.6 Å². The molecule has 2 saturated carbocycles. The van der Waals surface area contributed by atoms with Gasteiger partial charge in [-0.15, -0.1) is 0 Å². The maximum Gasteiger partial charge on any atom is 0.140 e. The molecule has 1 aromatic rings. The summed E-state index contributed by atoms with van der Waals surface area (Å²) in [5.41, 5.74) is 1.24. The number of fused-ring (bicyclic) bond motifs is 1. The van der Waals surface area contributed by atoms with Crippen LogP contribution in [0.1, 0.15) is 56.9 Å². The first-order valence-electron chi connectivity index (χ1n) is 10.0. The molecular formula is C22H32O3. The third kappa shape index (κ3) is 3.54. The van der Waals surface area contributed by atoms with Crippen LogP contribution in [0.4, 0.5) is 0 Å². The van der Waals surface area contributed by atoms with Crippen molar-refractivity contribution in [3.8, 4) is 0 Å². The van der Waals surface area contributed by atoms with E-state index < -0.39 is 0 Å². The molecule has 25 heavy (non-hydrogen) atoms. The zero-order valence-electron chi connectivity index (χ0n) is 15.3. The summed E-state index contributed by atoms with van der Waals surface area (Å²) in [7, 11) is 0. The van der Waals surface area contributed by atoms with Crippen molar-refractivity contribution in [2.45, 2.75) is 51.4 Å². The van der Waals surface area contributed by atoms with E-state index in [4.69, 9.17) is 0 Å². The van der Waals surface area contributed by atoms with Gasteiger partial charge in [-0.1, -0.05) is 62.9 Å². The summed E-state index contributed by atoms with van der Waals surface area (Å²) in [5.74, 6) is 0.896. The number of Topliss-reactive ketones (excluding diaryl/α,β-unsaturated/α-hetero) is 1. The smallest absolute Gasteiger partial charge is 0.140 e. The molecule has 2 aliphatic carbocycles. The maximum absolute atomic E-state index is 13.3. The molecule has 2 N–H and O–H groups in total. The highest BCUT2D eigenvalue weighted by molar-refractivity contribution is 5.88. The van der Waals surface area contributed by atoms with Crippen molar-refractivity contribution >= 4 is 5.78 Å². The molecule has 0 saturated heterocycles. The van der Waals surface area contributed by atoms with Crippen molar-refractivity contribution in [1.82, 2.24) is 0 Å². The second-order valence-electron chi connectivity index (χ2n) is 8.02. The number of unbranched alkanes of at least 4 members (excludes halogenated alkanes) is 3. The van der Waals surface area contributed by atoms with Gasteiger partial charge in [0, 0.05) is 25.0 Å². The third-order valence-electron chi connectivity index (χ3n) is 6.64. The van der Waals surface area contributed by atoms with Crippen LogP contribution < -0.4 is 0 Å². The van der Waals surface area contributed by atoms with Crippen LogP contribution in [0.2, 0.25) is 0 Å². The highest BCUT2D eigenvalue weighted by Crippen LogP contribution is 2.58. The normalized spacial score (nSPS) is 34.4. The lowest BCUT2D eigenvalue weighted by atomic mass is 9.76. The molecule has 3 nitrogen and oxygen atoms in total. The van der Waals surface area contributed by atoms with Gasteiger partial charge >= 0.3 is 0 Å². The number of rotatable bonds is 8. The molecule has 3 heteroatoms. The van der Waals surface area contributed by atoms with E-state index in [0.717, 1.165) is 19.3 Å². The summed E-state index contributed by atoms with van der Waals surface area (Å²) >= 11 is 0. The van der Waals surface area contributed by atoms with Crippen LogP contribution >= 0.6 is 0 Å². The topological polar surface area (TPSA) is 57.5 Å². The zero-order chi connectivity index (χ0) is 17.8. The van der Waals surface area contributed by atoms with Gasteiger partial charge in [0.2, 0.25) is 0 Å². The fourth-order valence-corrected chi connectivity index (χ4v) is 5.56. The van der Waals surface area contributed by atoms with E-state index in [9.17, 15) is 15.0 Å². The van der Waals surface area contributed by atoms with Crippen LogP contribution in [0.15, 0.2) is 30.3 Å². The first-order valence-corrected chi connectivity index (χ1v) is 10.0. The summed E-state index contributed by atoms with van der Waals surface area (Å²) in [4.78, 5) is 13.3. The number of aliphatic hydroxyl groups excluding tert-OH is 2. The number of aliphatic hydroxyl groups is 2. The van der Waals surface area contributed by atoms with Crippen molar-refractivity contribution in [3.63, 3.8) is 0 Å². The minimum atomic E-state index is -0.0662. The number of ketones is 1. The summed E-state index contributed by atoms with van der Waals surface area (Å²) in [6, 6.07) is 10.4. The van der Waals surface area contributed by atoms with Crippen molar-refractivity contribution in [3.05, 3.63) is 35.9 Å². The molecule has 0 radical (unpaired) electrons. The lowest BCUT2D eigenvalue weighted by molar-refractivity contribution is -0.126. The Morgan fingerprint density at radius 3 is 2.32 bits per heavy atom. The molecule has 2 fully saturated rings. The fraction of sp³-hybridized carbons (Fsp3) is 0.682. The fourth-order valence-electron chi connectivity index (χ4n) is 5.56. The number of carbonyl (C=O) groups excluding carboxylic acids is 1. The van der Waals surface area contributed by atoms with Crippen LogP contribution in [0.3, 0.4) is 0 Å². The Kier molecular flexibility index (Phi) is 6.29. The molecule has 0 aliphatic heterocycles. The van der Waals surface area contributed by atoms with E-state index in [1.165, 1.54) is 24.8 Å². The second kappa shape index (κ2) is 8.46. The van der Waals surface area contributed by atoms with E-state index in [0.29, 0.717) is 5.78 Å². The highest BCUT2D eigenvalue weighted by atomic mass is 16.3. The van der Waals surface area contributed by atoms with Gasteiger partial charge in [0.25, 0.3) is 0 Å². The summed E-state index contributed by atoms with van der Waals surface area (Å²) in [5, 5.41) is 19.7. The van der Waals surface area contributed by atoms with E-state index in [1.54, 1.807) is 0 Å². The van der Waals surface area contributed by atoms with E-state index >= 15 is 0 Å². The van der Waals surface area contributed by atoms with Gasteiger partial charge in [-0.2, -0.15) is 0 Å². The summed E-state index contributed by atoms with van der Waals surface area (Å²) < 4.78 is 0. The Hall–Kier alpha value is -1.19. The molecule has 6 atom stereocenters. The van der Waals surface area contributed by atoms with Crippen molar-refractivity contribution in [1.29, 1.82) is 0 Å². The maximum atomic E-state index is 13.3. The Labute approximate surface area is 151 Å². The SMILES string of the molecule is CCCCCC[C@@H]1C(=O)[C@@H]2[C@@H](CO)C[C@@H](CO)[C@@H]2[C@H]1c1ccccc1. The Morgan fingerprint density at radius 1 is 0.960 bits per heavy atom. The molecule has 0 spiro atoms. The zero-order valence-corrected chi connectivity index (χ0v) is 15.3. The molecule has 0 heterocycles. The van der Waals surface area contributed by atoms with Crippen LogP contribution in [-0.2, 0) is 4.79 Å². The largest absolute Gasteiger partial charge is 0.396 e.